The number of amides is 1. The monoisotopic (exact) mass is 586 g/mol. The molecular weight excluding hydrogens is 556 g/mol. The van der Waals surface area contributed by atoms with Crippen molar-refractivity contribution in [2.45, 2.75) is 17.5 Å². The van der Waals surface area contributed by atoms with Crippen LogP contribution in [-0.4, -0.2) is 49.7 Å². The van der Waals surface area contributed by atoms with E-state index in [0.29, 0.717) is 34.1 Å². The minimum Gasteiger partial charge on any atom is -0.497 e. The van der Waals surface area contributed by atoms with Crippen molar-refractivity contribution in [2.75, 3.05) is 26.6 Å². The highest BCUT2D eigenvalue weighted by Crippen LogP contribution is 2.62. The first-order chi connectivity index (χ1) is 21.4. The molecule has 4 aromatic carbocycles. The Morgan fingerprint density at radius 2 is 1.50 bits per heavy atom. The van der Waals surface area contributed by atoms with Gasteiger partial charge >= 0.3 is 0 Å². The molecule has 1 fully saturated rings. The van der Waals surface area contributed by atoms with Gasteiger partial charge in [-0.3, -0.25) is 14.4 Å². The van der Waals surface area contributed by atoms with Gasteiger partial charge in [-0.2, -0.15) is 0 Å². The van der Waals surface area contributed by atoms with Gasteiger partial charge < -0.3 is 24.4 Å². The van der Waals surface area contributed by atoms with E-state index in [1.165, 1.54) is 14.2 Å². The maximum absolute atomic E-state index is 15.0. The predicted molar refractivity (Wildman–Crippen MR) is 165 cm³/mol. The van der Waals surface area contributed by atoms with Gasteiger partial charge in [-0.25, -0.2) is 0 Å². The maximum Gasteiger partial charge on any atom is 0.238 e. The van der Waals surface area contributed by atoms with E-state index < -0.39 is 23.4 Å². The lowest BCUT2D eigenvalue weighted by Crippen LogP contribution is -2.49. The average Bonchev–Trinajstić information content (AvgIpc) is 3.55. The highest BCUT2D eigenvalue weighted by Gasteiger charge is 2.70. The Kier molecular flexibility index (Phi) is 6.50. The zero-order valence-electron chi connectivity index (χ0n) is 24.4. The third-order valence-electron chi connectivity index (χ3n) is 9.17. The number of benzene rings is 4. The van der Waals surface area contributed by atoms with Gasteiger partial charge in [0.2, 0.25) is 5.91 Å². The zero-order valence-corrected chi connectivity index (χ0v) is 24.4. The third-order valence-corrected chi connectivity index (χ3v) is 9.17. The van der Waals surface area contributed by atoms with E-state index in [1.807, 2.05) is 65.7 Å². The van der Waals surface area contributed by atoms with Crippen molar-refractivity contribution in [3.8, 4) is 17.2 Å². The van der Waals surface area contributed by atoms with Crippen LogP contribution in [0.1, 0.15) is 43.4 Å². The first kappa shape index (κ1) is 27.5. The van der Waals surface area contributed by atoms with Crippen LogP contribution in [0.15, 0.2) is 97.2 Å². The highest BCUT2D eigenvalue weighted by molar-refractivity contribution is 6.17. The van der Waals surface area contributed by atoms with Crippen molar-refractivity contribution in [1.29, 1.82) is 0 Å². The summed E-state index contributed by atoms with van der Waals surface area (Å²) in [5, 5.41) is 3.07. The summed E-state index contributed by atoms with van der Waals surface area (Å²) >= 11 is 0. The number of ether oxygens (including phenoxy) is 3. The third kappa shape index (κ3) is 3.80. The Morgan fingerprint density at radius 1 is 0.795 bits per heavy atom. The van der Waals surface area contributed by atoms with E-state index in [2.05, 4.69) is 5.32 Å². The Labute approximate surface area is 254 Å². The molecule has 1 saturated heterocycles. The van der Waals surface area contributed by atoms with Crippen molar-refractivity contribution in [1.82, 2.24) is 4.90 Å². The van der Waals surface area contributed by atoms with Gasteiger partial charge in [0.15, 0.2) is 11.6 Å². The van der Waals surface area contributed by atoms with Crippen molar-refractivity contribution >= 4 is 29.2 Å². The van der Waals surface area contributed by atoms with Crippen LogP contribution in [0.25, 0.3) is 6.08 Å². The summed E-state index contributed by atoms with van der Waals surface area (Å²) in [7, 11) is 4.58. The van der Waals surface area contributed by atoms with Crippen molar-refractivity contribution < 1.29 is 28.6 Å². The molecule has 3 aliphatic rings. The van der Waals surface area contributed by atoms with E-state index in [-0.39, 0.29) is 23.0 Å². The summed E-state index contributed by atoms with van der Waals surface area (Å²) in [5.74, 6) is -0.686. The van der Waals surface area contributed by atoms with E-state index in [1.54, 1.807) is 49.6 Å². The molecule has 3 heterocycles. The molecule has 0 radical (unpaired) electrons. The topological polar surface area (TPSA) is 94.2 Å². The van der Waals surface area contributed by atoms with Crippen LogP contribution in [0.4, 0.5) is 5.69 Å². The number of para-hydroxylation sites is 1. The summed E-state index contributed by atoms with van der Waals surface area (Å²) in [4.78, 5) is 46.4. The number of nitrogens with one attached hydrogen (secondary N) is 1. The molecule has 4 aromatic rings. The molecule has 1 spiro atoms. The molecular formula is C36H30N2O6. The van der Waals surface area contributed by atoms with E-state index in [9.17, 15) is 14.4 Å². The smallest absolute Gasteiger partial charge is 0.238 e. The lowest BCUT2D eigenvalue weighted by Gasteiger charge is -2.38. The Hall–Kier alpha value is -5.37. The first-order valence-corrected chi connectivity index (χ1v) is 14.3. The van der Waals surface area contributed by atoms with Crippen molar-refractivity contribution in [3.05, 3.63) is 125 Å². The first-order valence-electron chi connectivity index (χ1n) is 14.3. The summed E-state index contributed by atoms with van der Waals surface area (Å²) in [6.45, 7) is 0. The number of methoxy groups -OCH3 is 3. The number of carbonyl (C=O) groups is 3. The summed E-state index contributed by atoms with van der Waals surface area (Å²) in [6, 6.07) is 25.4. The maximum atomic E-state index is 15.0. The van der Waals surface area contributed by atoms with Crippen LogP contribution in [0.2, 0.25) is 0 Å². The molecule has 4 atom stereocenters. The molecule has 44 heavy (non-hydrogen) atoms. The molecule has 1 amide bonds. The fraction of sp³-hybridized carbons (Fsp3) is 0.194. The second-order valence-corrected chi connectivity index (χ2v) is 11.1. The average molecular weight is 587 g/mol. The number of anilines is 1. The van der Waals surface area contributed by atoms with Gasteiger partial charge in [-0.1, -0.05) is 42.5 Å². The van der Waals surface area contributed by atoms with Gasteiger partial charge in [0.25, 0.3) is 0 Å². The van der Waals surface area contributed by atoms with Gasteiger partial charge in [0, 0.05) is 17.5 Å². The summed E-state index contributed by atoms with van der Waals surface area (Å²) in [5.41, 5.74) is 2.31. The molecule has 8 heteroatoms. The summed E-state index contributed by atoms with van der Waals surface area (Å²) in [6.07, 6.45) is 3.78. The van der Waals surface area contributed by atoms with Crippen LogP contribution >= 0.6 is 0 Å². The van der Waals surface area contributed by atoms with Crippen LogP contribution in [0.5, 0.6) is 17.2 Å². The Balaban J connectivity index is 1.53. The molecule has 7 rings (SSSR count). The quantitative estimate of drug-likeness (QED) is 0.278. The molecule has 3 aliphatic heterocycles. The van der Waals surface area contributed by atoms with Crippen LogP contribution in [0, 0.1) is 5.92 Å². The van der Waals surface area contributed by atoms with Crippen molar-refractivity contribution in [2.24, 2.45) is 5.92 Å². The molecule has 0 aliphatic carbocycles. The van der Waals surface area contributed by atoms with Gasteiger partial charge in [-0.05, 0) is 71.3 Å². The number of nitrogens with zero attached hydrogens (tertiary/aromatic N) is 1. The van der Waals surface area contributed by atoms with Crippen molar-refractivity contribution in [3.63, 3.8) is 0 Å². The van der Waals surface area contributed by atoms with Gasteiger partial charge in [0.05, 0.1) is 38.9 Å². The van der Waals surface area contributed by atoms with E-state index >= 15 is 0 Å². The lowest BCUT2D eigenvalue weighted by atomic mass is 9.62. The zero-order chi connectivity index (χ0) is 30.6. The second kappa shape index (κ2) is 10.4. The minimum absolute atomic E-state index is 0.263. The Bertz CT molecular complexity index is 1850. The normalized spacial score (nSPS) is 22.6. The molecule has 220 valence electrons. The molecule has 0 unspecified atom stereocenters. The minimum atomic E-state index is -1.43. The predicted octanol–water partition coefficient (Wildman–Crippen LogP) is 5.69. The van der Waals surface area contributed by atoms with Crippen LogP contribution in [0.3, 0.4) is 0 Å². The van der Waals surface area contributed by atoms with Crippen LogP contribution < -0.4 is 19.5 Å². The number of ketones is 2. The highest BCUT2D eigenvalue weighted by atomic mass is 16.5. The number of carbonyl (C=O) groups excluding carboxylic acids is 3. The SMILES string of the molecule is COc1ccc(C(=O)[C@@H]2[C@H](C(=O)c3cc(OC)ccc3OC)N3C=Cc4ccccc4[C@H]3[C@@]23C(=O)Nc2ccccc23)cc1. The van der Waals surface area contributed by atoms with Crippen LogP contribution in [-0.2, 0) is 10.2 Å². The molecule has 8 nitrogen and oxygen atoms in total. The van der Waals surface area contributed by atoms with Gasteiger partial charge in [0.1, 0.15) is 28.7 Å². The van der Waals surface area contributed by atoms with E-state index in [0.717, 1.165) is 11.1 Å². The number of rotatable bonds is 7. The fourth-order valence-corrected chi connectivity index (χ4v) is 7.27. The number of hydrogen-bond donors (Lipinski definition) is 1. The fourth-order valence-electron chi connectivity index (χ4n) is 7.27. The van der Waals surface area contributed by atoms with E-state index in [4.69, 9.17) is 14.2 Å². The molecule has 0 saturated carbocycles. The second-order valence-electron chi connectivity index (χ2n) is 11.1. The molecule has 0 bridgehead atoms. The van der Waals surface area contributed by atoms with Gasteiger partial charge in [-0.15, -0.1) is 0 Å². The molecule has 0 aromatic heterocycles. The largest absolute Gasteiger partial charge is 0.497 e. The number of fused-ring (bicyclic) bond motifs is 6. The number of Topliss-reactive ketones (excluding diaryl/α,β-unsaturated/α-hetero) is 2. The molecule has 1 N–H and O–H groups in total. The lowest BCUT2D eigenvalue weighted by molar-refractivity contribution is -0.122. The standard InChI is InChI=1S/C36H30N2O6/c1-42-23-14-12-22(13-15-23)32(39)30-31(33(40)26-20-24(43-2)16-17-29(26)44-3)38-19-18-21-8-4-5-9-25(21)34(38)36(30)27-10-6-7-11-28(27)37-35(36)41/h4-20,30-31,34H,1-3H3,(H,37,41)/t30-,31+,34-,36-/m0/s1. The summed E-state index contributed by atoms with van der Waals surface area (Å²) < 4.78 is 16.4. The Morgan fingerprint density at radius 3 is 2.25 bits per heavy atom. The number of hydrogen-bond acceptors (Lipinski definition) is 7.